The number of urea groups is 1. The molecular formula is C28H36FN5O4. The van der Waals surface area contributed by atoms with Gasteiger partial charge < -0.3 is 19.9 Å². The summed E-state index contributed by atoms with van der Waals surface area (Å²) in [5, 5.41) is 6.03. The van der Waals surface area contributed by atoms with E-state index in [0.717, 1.165) is 16.9 Å². The predicted octanol–water partition coefficient (Wildman–Crippen LogP) is 2.86. The average Bonchev–Trinajstić information content (AvgIpc) is 2.91. The highest BCUT2D eigenvalue weighted by molar-refractivity contribution is 5.91. The van der Waals surface area contributed by atoms with Crippen LogP contribution in [0.15, 0.2) is 48.5 Å². The van der Waals surface area contributed by atoms with Crippen molar-refractivity contribution in [3.8, 4) is 5.75 Å². The normalized spacial score (nSPS) is 20.8. The Morgan fingerprint density at radius 3 is 2.39 bits per heavy atom. The molecule has 2 aromatic rings. The summed E-state index contributed by atoms with van der Waals surface area (Å²) in [6.45, 7) is 4.84. The topological polar surface area (TPSA) is 85.4 Å². The van der Waals surface area contributed by atoms with Gasteiger partial charge in [0, 0.05) is 20.1 Å². The van der Waals surface area contributed by atoms with Crippen molar-refractivity contribution in [1.82, 2.24) is 25.1 Å². The standard InChI is InChI=1S/C28H36FN5O4/c1-5-19(2)26-27(36)32(15-14-20-8-12-23(38-4)13-9-20)17-24-33(26)25(35)18-31(3)34(24)28(37)30-16-21-6-10-22(29)11-7-21/h6-13,19,24,26H,5,14-18H2,1-4H3,(H,30,37)/t19?,24-,26-/m0/s1. The lowest BCUT2D eigenvalue weighted by Crippen LogP contribution is -2.76. The number of ether oxygens (including phenoxy) is 1. The predicted molar refractivity (Wildman–Crippen MR) is 140 cm³/mol. The number of amides is 4. The summed E-state index contributed by atoms with van der Waals surface area (Å²) in [6.07, 6.45) is 0.712. The first-order valence-electron chi connectivity index (χ1n) is 13.0. The Labute approximate surface area is 223 Å². The van der Waals surface area contributed by atoms with Crippen LogP contribution < -0.4 is 10.1 Å². The molecular weight excluding hydrogens is 489 g/mol. The molecule has 2 aromatic carbocycles. The molecule has 2 aliphatic rings. The highest BCUT2D eigenvalue weighted by Gasteiger charge is 2.51. The molecule has 2 aliphatic heterocycles. The van der Waals surface area contributed by atoms with Crippen molar-refractivity contribution < 1.29 is 23.5 Å². The third kappa shape index (κ3) is 5.75. The third-order valence-corrected chi connectivity index (χ3v) is 7.45. The fourth-order valence-electron chi connectivity index (χ4n) is 5.11. The Balaban J connectivity index is 1.56. The molecule has 2 saturated heterocycles. The first-order chi connectivity index (χ1) is 18.2. The number of nitrogens with one attached hydrogen (secondary N) is 1. The number of benzene rings is 2. The van der Waals surface area contributed by atoms with E-state index in [2.05, 4.69) is 5.32 Å². The number of fused-ring (bicyclic) bond motifs is 1. The minimum atomic E-state index is -0.650. The van der Waals surface area contributed by atoms with Crippen molar-refractivity contribution in [3.63, 3.8) is 0 Å². The van der Waals surface area contributed by atoms with E-state index in [9.17, 15) is 18.8 Å². The second kappa shape index (κ2) is 11.8. The van der Waals surface area contributed by atoms with E-state index in [1.54, 1.807) is 41.1 Å². The van der Waals surface area contributed by atoms with Crippen LogP contribution in [0.1, 0.15) is 31.4 Å². The summed E-state index contributed by atoms with van der Waals surface area (Å²) < 4.78 is 18.5. The zero-order valence-electron chi connectivity index (χ0n) is 22.4. The number of halogens is 1. The zero-order chi connectivity index (χ0) is 27.4. The molecule has 0 spiro atoms. The lowest BCUT2D eigenvalue weighted by atomic mass is 9.92. The number of hydrogen-bond acceptors (Lipinski definition) is 5. The largest absolute Gasteiger partial charge is 0.497 e. The molecule has 1 unspecified atom stereocenters. The molecule has 0 bridgehead atoms. The van der Waals surface area contributed by atoms with Crippen LogP contribution in [0.3, 0.4) is 0 Å². The van der Waals surface area contributed by atoms with E-state index in [1.165, 1.54) is 17.1 Å². The number of hydrogen-bond donors (Lipinski definition) is 1. The van der Waals surface area contributed by atoms with Gasteiger partial charge >= 0.3 is 6.03 Å². The van der Waals surface area contributed by atoms with Crippen molar-refractivity contribution in [1.29, 1.82) is 0 Å². The van der Waals surface area contributed by atoms with Crippen LogP contribution in [0, 0.1) is 11.7 Å². The van der Waals surface area contributed by atoms with Gasteiger partial charge in [-0.05, 0) is 47.7 Å². The van der Waals surface area contributed by atoms with Crippen molar-refractivity contribution in [3.05, 3.63) is 65.5 Å². The van der Waals surface area contributed by atoms with Crippen molar-refractivity contribution in [2.75, 3.05) is 33.8 Å². The van der Waals surface area contributed by atoms with Gasteiger partial charge in [-0.2, -0.15) is 0 Å². The lowest BCUT2D eigenvalue weighted by molar-refractivity contribution is -0.190. The molecule has 0 radical (unpaired) electrons. The minimum Gasteiger partial charge on any atom is -0.497 e. The maximum absolute atomic E-state index is 13.7. The van der Waals surface area contributed by atoms with Crippen molar-refractivity contribution in [2.45, 2.75) is 45.4 Å². The Hall–Kier alpha value is -3.66. The molecule has 204 valence electrons. The average molecular weight is 526 g/mol. The minimum absolute atomic E-state index is 0.00741. The van der Waals surface area contributed by atoms with E-state index in [4.69, 9.17) is 4.74 Å². The van der Waals surface area contributed by atoms with E-state index in [0.29, 0.717) is 19.4 Å². The van der Waals surface area contributed by atoms with Gasteiger partial charge in [0.05, 0.1) is 20.2 Å². The van der Waals surface area contributed by atoms with Crippen LogP contribution >= 0.6 is 0 Å². The third-order valence-electron chi connectivity index (χ3n) is 7.45. The molecule has 0 saturated carbocycles. The van der Waals surface area contributed by atoms with E-state index in [-0.39, 0.29) is 49.2 Å². The maximum Gasteiger partial charge on any atom is 0.334 e. The highest BCUT2D eigenvalue weighted by Crippen LogP contribution is 2.30. The number of nitrogens with zero attached hydrogens (tertiary/aromatic N) is 4. The monoisotopic (exact) mass is 525 g/mol. The van der Waals surface area contributed by atoms with Crippen LogP contribution in [0.4, 0.5) is 9.18 Å². The van der Waals surface area contributed by atoms with Gasteiger partial charge in [-0.15, -0.1) is 0 Å². The number of likely N-dealkylation sites (N-methyl/N-ethyl adjacent to an activating group) is 1. The van der Waals surface area contributed by atoms with Crippen LogP contribution in [-0.4, -0.2) is 83.7 Å². The molecule has 3 atom stereocenters. The Bertz CT molecular complexity index is 1140. The summed E-state index contributed by atoms with van der Waals surface area (Å²) in [5.74, 6) is 0.0801. The van der Waals surface area contributed by atoms with Crippen LogP contribution in [0.2, 0.25) is 0 Å². The fraction of sp³-hybridized carbons (Fsp3) is 0.464. The second-order valence-electron chi connectivity index (χ2n) is 9.94. The molecule has 9 nitrogen and oxygen atoms in total. The molecule has 2 heterocycles. The number of carbonyl (C=O) groups is 3. The Morgan fingerprint density at radius 1 is 1.11 bits per heavy atom. The number of rotatable bonds is 8. The molecule has 4 amide bonds. The van der Waals surface area contributed by atoms with Gasteiger partial charge in [0.1, 0.15) is 23.8 Å². The molecule has 4 rings (SSSR count). The summed E-state index contributed by atoms with van der Waals surface area (Å²) in [4.78, 5) is 43.8. The Kier molecular flexibility index (Phi) is 8.51. The first kappa shape index (κ1) is 27.4. The van der Waals surface area contributed by atoms with Crippen LogP contribution in [0.5, 0.6) is 5.75 Å². The van der Waals surface area contributed by atoms with Gasteiger partial charge in [-0.3, -0.25) is 9.59 Å². The zero-order valence-corrected chi connectivity index (χ0v) is 22.4. The molecule has 1 N–H and O–H groups in total. The van der Waals surface area contributed by atoms with E-state index < -0.39 is 12.2 Å². The lowest BCUT2D eigenvalue weighted by Gasteiger charge is -2.55. The number of hydrazine groups is 1. The van der Waals surface area contributed by atoms with Gasteiger partial charge in [0.2, 0.25) is 11.8 Å². The summed E-state index contributed by atoms with van der Waals surface area (Å²) in [5.41, 5.74) is 1.82. The van der Waals surface area contributed by atoms with Crippen LogP contribution in [-0.2, 0) is 22.6 Å². The second-order valence-corrected chi connectivity index (χ2v) is 9.94. The summed E-state index contributed by atoms with van der Waals surface area (Å²) >= 11 is 0. The quantitative estimate of drug-likeness (QED) is 0.573. The highest BCUT2D eigenvalue weighted by atomic mass is 19.1. The summed E-state index contributed by atoms with van der Waals surface area (Å²) in [7, 11) is 3.31. The van der Waals surface area contributed by atoms with Gasteiger partial charge in [0.15, 0.2) is 0 Å². The smallest absolute Gasteiger partial charge is 0.334 e. The molecule has 38 heavy (non-hydrogen) atoms. The van der Waals surface area contributed by atoms with Crippen LogP contribution in [0.25, 0.3) is 0 Å². The number of carbonyl (C=O) groups excluding carboxylic acids is 3. The molecule has 0 aromatic heterocycles. The molecule has 0 aliphatic carbocycles. The van der Waals surface area contributed by atoms with Gasteiger partial charge in [-0.25, -0.2) is 19.2 Å². The number of piperazine rings is 1. The first-order valence-corrected chi connectivity index (χ1v) is 13.0. The van der Waals surface area contributed by atoms with Crippen molar-refractivity contribution >= 4 is 17.8 Å². The number of methoxy groups -OCH3 is 1. The summed E-state index contributed by atoms with van der Waals surface area (Å²) in [6, 6.07) is 12.6. The van der Waals surface area contributed by atoms with Crippen molar-refractivity contribution in [2.24, 2.45) is 5.92 Å². The van der Waals surface area contributed by atoms with E-state index in [1.807, 2.05) is 38.1 Å². The fourth-order valence-corrected chi connectivity index (χ4v) is 5.11. The molecule has 10 heteroatoms. The van der Waals surface area contributed by atoms with E-state index >= 15 is 0 Å². The van der Waals surface area contributed by atoms with Gasteiger partial charge in [0.25, 0.3) is 0 Å². The maximum atomic E-state index is 13.7. The van der Waals surface area contributed by atoms with Gasteiger partial charge in [-0.1, -0.05) is 44.5 Å². The molecule has 2 fully saturated rings. The SMILES string of the molecule is CCC(C)[C@H]1C(=O)N(CCc2ccc(OC)cc2)C[C@H]2N1C(=O)CN(C)N2C(=O)NCc1ccc(F)cc1. The Morgan fingerprint density at radius 2 is 1.76 bits per heavy atom.